The Labute approximate surface area is 317 Å². The molecule has 2 N–H and O–H groups in total. The molecule has 9 aromatic rings. The first-order chi connectivity index (χ1) is 24.9. The molecule has 0 atom stereocenters. The summed E-state index contributed by atoms with van der Waals surface area (Å²) in [5, 5.41) is 9.58. The van der Waals surface area contributed by atoms with E-state index in [-0.39, 0.29) is 10.8 Å². The number of nitrogen functional groups attached to an aromatic ring is 1. The maximum Gasteiger partial charge on any atom is 0.150 e. The van der Waals surface area contributed by atoms with E-state index in [1.165, 1.54) is 57.7 Å². The maximum absolute atomic E-state index is 10.9. The van der Waals surface area contributed by atoms with Crippen molar-refractivity contribution in [3.05, 3.63) is 144 Å². The molecule has 0 bridgehead atoms. The summed E-state index contributed by atoms with van der Waals surface area (Å²) in [5.41, 5.74) is 10.4. The molecular formula is C46H42N2OS3. The van der Waals surface area contributed by atoms with Crippen molar-refractivity contribution in [1.29, 1.82) is 0 Å². The number of rotatable bonds is 2. The van der Waals surface area contributed by atoms with E-state index in [0.29, 0.717) is 0 Å². The van der Waals surface area contributed by atoms with Crippen LogP contribution in [-0.4, -0.2) is 11.3 Å². The van der Waals surface area contributed by atoms with Crippen LogP contribution in [0.1, 0.15) is 63.0 Å². The van der Waals surface area contributed by atoms with E-state index in [2.05, 4.69) is 126 Å². The topological polar surface area (TPSA) is 56.0 Å². The van der Waals surface area contributed by atoms with E-state index < -0.39 is 0 Å². The number of hydrogen-bond donors (Lipinski definition) is 1. The minimum absolute atomic E-state index is 0.0542. The monoisotopic (exact) mass is 734 g/mol. The molecule has 0 aliphatic rings. The molecule has 260 valence electrons. The first-order valence-corrected chi connectivity index (χ1v) is 19.9. The van der Waals surface area contributed by atoms with E-state index in [1.54, 1.807) is 22.7 Å². The van der Waals surface area contributed by atoms with Crippen molar-refractivity contribution in [2.45, 2.75) is 52.4 Å². The lowest BCUT2D eigenvalue weighted by Crippen LogP contribution is -2.12. The second-order valence-electron chi connectivity index (χ2n) is 15.1. The Morgan fingerprint density at radius 3 is 1.71 bits per heavy atom. The number of fused-ring (bicyclic) bond motifs is 6. The zero-order chi connectivity index (χ0) is 36.6. The van der Waals surface area contributed by atoms with Crippen LogP contribution in [0, 0.1) is 0 Å². The highest BCUT2D eigenvalue weighted by Crippen LogP contribution is 2.42. The molecule has 9 rings (SSSR count). The zero-order valence-corrected chi connectivity index (χ0v) is 32.8. The van der Waals surface area contributed by atoms with Gasteiger partial charge in [0.15, 0.2) is 0 Å². The van der Waals surface area contributed by atoms with Crippen molar-refractivity contribution in [1.82, 2.24) is 4.98 Å². The third kappa shape index (κ3) is 7.38. The second-order valence-corrected chi connectivity index (χ2v) is 18.2. The average Bonchev–Trinajstić information content (AvgIpc) is 3.82. The number of nitrogens with two attached hydrogens (primary N) is 1. The summed E-state index contributed by atoms with van der Waals surface area (Å²) in [7, 11) is 0. The van der Waals surface area contributed by atoms with Gasteiger partial charge in [-0.05, 0) is 91.4 Å². The van der Waals surface area contributed by atoms with Crippen molar-refractivity contribution in [2.24, 2.45) is 0 Å². The summed E-state index contributed by atoms with van der Waals surface area (Å²) >= 11 is 5.23. The van der Waals surface area contributed by atoms with Gasteiger partial charge in [0.05, 0.1) is 9.70 Å². The van der Waals surface area contributed by atoms with E-state index in [9.17, 15) is 4.79 Å². The fraction of sp³-hybridized carbons (Fsp3) is 0.174. The van der Waals surface area contributed by atoms with Gasteiger partial charge in [0.2, 0.25) is 0 Å². The zero-order valence-electron chi connectivity index (χ0n) is 30.4. The average molecular weight is 735 g/mol. The van der Waals surface area contributed by atoms with Crippen LogP contribution in [-0.2, 0) is 10.8 Å². The molecule has 3 aromatic heterocycles. The first-order valence-electron chi connectivity index (χ1n) is 17.4. The smallest absolute Gasteiger partial charge is 0.150 e. The Morgan fingerprint density at radius 1 is 0.558 bits per heavy atom. The molecule has 3 nitrogen and oxygen atoms in total. The van der Waals surface area contributed by atoms with Crippen LogP contribution in [0.5, 0.6) is 0 Å². The van der Waals surface area contributed by atoms with Gasteiger partial charge < -0.3 is 5.73 Å². The molecule has 0 unspecified atom stereocenters. The van der Waals surface area contributed by atoms with Gasteiger partial charge in [-0.25, -0.2) is 4.98 Å². The number of aromatic nitrogens is 1. The number of thiazole rings is 1. The van der Waals surface area contributed by atoms with Crippen molar-refractivity contribution >= 4 is 96.5 Å². The molecular weight excluding hydrogens is 693 g/mol. The van der Waals surface area contributed by atoms with E-state index in [4.69, 9.17) is 10.7 Å². The number of hydrogen-bond acceptors (Lipinski definition) is 6. The lowest BCUT2D eigenvalue weighted by Gasteiger charge is -2.22. The van der Waals surface area contributed by atoms with E-state index >= 15 is 0 Å². The fourth-order valence-corrected chi connectivity index (χ4v) is 9.76. The molecule has 0 fully saturated rings. The fourth-order valence-electron chi connectivity index (χ4n) is 6.60. The van der Waals surface area contributed by atoms with Gasteiger partial charge in [0.25, 0.3) is 0 Å². The Morgan fingerprint density at radius 2 is 1.10 bits per heavy atom. The quantitative estimate of drug-likeness (QED) is 0.180. The molecule has 0 spiro atoms. The molecule has 0 saturated carbocycles. The van der Waals surface area contributed by atoms with Crippen LogP contribution in [0.25, 0.3) is 61.8 Å². The van der Waals surface area contributed by atoms with Crippen molar-refractivity contribution < 1.29 is 4.79 Å². The van der Waals surface area contributed by atoms with Gasteiger partial charge in [0.1, 0.15) is 16.1 Å². The minimum Gasteiger partial charge on any atom is -0.391 e. The third-order valence-corrected chi connectivity index (χ3v) is 12.4. The number of benzene rings is 6. The maximum atomic E-state index is 10.9. The highest BCUT2D eigenvalue weighted by molar-refractivity contribution is 7.33. The summed E-state index contributed by atoms with van der Waals surface area (Å²) in [6.07, 6.45) is 0.918. The second kappa shape index (κ2) is 14.3. The summed E-state index contributed by atoms with van der Waals surface area (Å²) < 4.78 is 3.90. The summed E-state index contributed by atoms with van der Waals surface area (Å²) in [6, 6.07) is 44.3. The van der Waals surface area contributed by atoms with Gasteiger partial charge in [-0.2, -0.15) is 0 Å². The first kappa shape index (κ1) is 35.5. The standard InChI is InChI=1S/C23H19NS2.C15H16O.C8H7NS/c1-23(2,3)18-13-15(12-14-8-4-5-9-16(14)18)21-24-22-20(26-21)17-10-6-7-11-19(17)25-22;1-15(2,3)14-9-11(10-16)8-12-6-4-5-7-13(12)14;9-8-5-6-3-1-2-4-7(6)10-8/h4-13H,1-3H3;4-10H,1-3H3;1-5H,9H2. The Bertz CT molecular complexity index is 2670. The van der Waals surface area contributed by atoms with E-state index in [1.807, 2.05) is 53.8 Å². The Balaban J connectivity index is 0.000000137. The predicted molar refractivity (Wildman–Crippen MR) is 231 cm³/mol. The summed E-state index contributed by atoms with van der Waals surface area (Å²) in [4.78, 5) is 17.1. The predicted octanol–water partition coefficient (Wildman–Crippen LogP) is 14.1. The molecule has 0 aliphatic heterocycles. The number of carbonyl (C=O) groups is 1. The number of carbonyl (C=O) groups excluding carboxylic acids is 1. The Hall–Kier alpha value is -4.88. The van der Waals surface area contributed by atoms with E-state index in [0.717, 1.165) is 32.1 Å². The van der Waals surface area contributed by atoms with Crippen LogP contribution in [0.15, 0.2) is 127 Å². The normalized spacial score (nSPS) is 11.8. The Kier molecular flexibility index (Phi) is 9.75. The number of thiophene rings is 2. The molecule has 6 aromatic carbocycles. The lowest BCUT2D eigenvalue weighted by molar-refractivity contribution is 0.112. The van der Waals surface area contributed by atoms with Crippen molar-refractivity contribution in [3.8, 4) is 10.6 Å². The summed E-state index contributed by atoms with van der Waals surface area (Å²) in [6.45, 7) is 13.4. The molecule has 0 radical (unpaired) electrons. The molecule has 6 heteroatoms. The highest BCUT2D eigenvalue weighted by atomic mass is 32.1. The van der Waals surface area contributed by atoms with Gasteiger partial charge in [0, 0.05) is 25.9 Å². The van der Waals surface area contributed by atoms with Gasteiger partial charge >= 0.3 is 0 Å². The third-order valence-electron chi connectivity index (χ3n) is 9.12. The number of nitrogens with zero attached hydrogens (tertiary/aromatic N) is 1. The van der Waals surface area contributed by atoms with Crippen LogP contribution < -0.4 is 5.73 Å². The number of aldehydes is 1. The summed E-state index contributed by atoms with van der Waals surface area (Å²) in [5.74, 6) is 0. The van der Waals surface area contributed by atoms with Crippen LogP contribution in [0.2, 0.25) is 0 Å². The lowest BCUT2D eigenvalue weighted by atomic mass is 9.82. The van der Waals surface area contributed by atoms with Crippen LogP contribution >= 0.6 is 34.0 Å². The number of anilines is 1. The van der Waals surface area contributed by atoms with Gasteiger partial charge in [-0.15, -0.1) is 34.0 Å². The highest BCUT2D eigenvalue weighted by Gasteiger charge is 2.20. The van der Waals surface area contributed by atoms with Gasteiger partial charge in [-0.1, -0.05) is 126 Å². The molecule has 0 amide bonds. The van der Waals surface area contributed by atoms with Crippen LogP contribution in [0.4, 0.5) is 5.00 Å². The minimum atomic E-state index is 0.0542. The largest absolute Gasteiger partial charge is 0.391 e. The van der Waals surface area contributed by atoms with Crippen molar-refractivity contribution in [3.63, 3.8) is 0 Å². The SMILES string of the molecule is CC(C)(C)c1cc(-c2nc3sc4ccccc4c3s2)cc2ccccc12.CC(C)(C)c1cc(C=O)cc2ccccc12.Nc1cc2ccccc2s1. The molecule has 0 saturated heterocycles. The van der Waals surface area contributed by atoms with Crippen molar-refractivity contribution in [2.75, 3.05) is 5.73 Å². The van der Waals surface area contributed by atoms with Gasteiger partial charge in [-0.3, -0.25) is 4.79 Å². The molecule has 0 aliphatic carbocycles. The molecule has 52 heavy (non-hydrogen) atoms. The molecule has 3 heterocycles. The van der Waals surface area contributed by atoms with Crippen LogP contribution in [0.3, 0.4) is 0 Å².